The van der Waals surface area contributed by atoms with Crippen LogP contribution in [-0.2, 0) is 14.3 Å². The van der Waals surface area contributed by atoms with Crippen LogP contribution < -0.4 is 5.32 Å². The van der Waals surface area contributed by atoms with Crippen LogP contribution in [0, 0.1) is 13.8 Å². The molecule has 0 aliphatic heterocycles. The fourth-order valence-electron chi connectivity index (χ4n) is 2.79. The van der Waals surface area contributed by atoms with Crippen molar-refractivity contribution in [1.29, 1.82) is 0 Å². The number of aromatic amines is 1. The van der Waals surface area contributed by atoms with Crippen LogP contribution in [0.2, 0.25) is 0 Å². The van der Waals surface area contributed by atoms with Gasteiger partial charge in [-0.2, -0.15) is 0 Å². The molecule has 148 valence electrons. The fourth-order valence-corrected chi connectivity index (χ4v) is 2.79. The Balaban J connectivity index is 2.09. The van der Waals surface area contributed by atoms with Crippen LogP contribution in [0.15, 0.2) is 24.3 Å². The second-order valence-corrected chi connectivity index (χ2v) is 6.11. The Morgan fingerprint density at radius 3 is 2.43 bits per heavy atom. The number of ether oxygens (including phenoxy) is 2. The van der Waals surface area contributed by atoms with Crippen LogP contribution in [0.5, 0.6) is 0 Å². The predicted octanol–water partition coefficient (Wildman–Crippen LogP) is 2.81. The molecule has 1 aromatic carbocycles. The molecule has 28 heavy (non-hydrogen) atoms. The number of H-pyrrole nitrogens is 1. The smallest absolute Gasteiger partial charge is 0.355 e. The summed E-state index contributed by atoms with van der Waals surface area (Å²) in [7, 11) is 0. The maximum absolute atomic E-state index is 12.5. The molecule has 1 heterocycles. The van der Waals surface area contributed by atoms with Crippen molar-refractivity contribution < 1.29 is 28.7 Å². The summed E-state index contributed by atoms with van der Waals surface area (Å²) in [5, 5.41) is 2.57. The number of benzene rings is 1. The molecule has 0 atom stereocenters. The zero-order valence-electron chi connectivity index (χ0n) is 16.2. The number of amides is 1. The van der Waals surface area contributed by atoms with Crippen LogP contribution in [0.1, 0.15) is 56.3 Å². The Bertz CT molecular complexity index is 929. The molecule has 0 bridgehead atoms. The van der Waals surface area contributed by atoms with Gasteiger partial charge in [-0.05, 0) is 44.5 Å². The second-order valence-electron chi connectivity index (χ2n) is 6.11. The lowest BCUT2D eigenvalue weighted by molar-refractivity contribution is -0.114. The number of esters is 2. The molecule has 2 rings (SSSR count). The van der Waals surface area contributed by atoms with E-state index in [2.05, 4.69) is 10.3 Å². The zero-order chi connectivity index (χ0) is 20.8. The van der Waals surface area contributed by atoms with E-state index < -0.39 is 24.3 Å². The van der Waals surface area contributed by atoms with Crippen molar-refractivity contribution in [2.75, 3.05) is 18.5 Å². The van der Waals surface area contributed by atoms with Gasteiger partial charge >= 0.3 is 11.9 Å². The molecule has 0 radical (unpaired) electrons. The average molecular weight is 386 g/mol. The number of carbonyl (C=O) groups is 4. The minimum atomic E-state index is -0.697. The van der Waals surface area contributed by atoms with Crippen molar-refractivity contribution >= 4 is 29.3 Å². The maximum atomic E-state index is 12.5. The van der Waals surface area contributed by atoms with Gasteiger partial charge in [-0.1, -0.05) is 6.07 Å². The molecule has 0 fully saturated rings. The summed E-state index contributed by atoms with van der Waals surface area (Å²) in [6.45, 7) is 6.06. The molecule has 2 aromatic rings. The highest BCUT2D eigenvalue weighted by Gasteiger charge is 2.23. The summed E-state index contributed by atoms with van der Waals surface area (Å²) < 4.78 is 10.1. The Kier molecular flexibility index (Phi) is 6.70. The largest absolute Gasteiger partial charge is 0.461 e. The van der Waals surface area contributed by atoms with E-state index in [1.54, 1.807) is 32.9 Å². The molecule has 0 saturated heterocycles. The van der Waals surface area contributed by atoms with Crippen molar-refractivity contribution in [3.8, 4) is 0 Å². The highest BCUT2D eigenvalue weighted by Crippen LogP contribution is 2.20. The van der Waals surface area contributed by atoms with Gasteiger partial charge in [0.05, 0.1) is 12.2 Å². The highest BCUT2D eigenvalue weighted by molar-refractivity contribution is 6.04. The Labute approximate surface area is 162 Å². The van der Waals surface area contributed by atoms with E-state index >= 15 is 0 Å². The Morgan fingerprint density at radius 1 is 1.07 bits per heavy atom. The second kappa shape index (κ2) is 8.98. The van der Waals surface area contributed by atoms with Crippen LogP contribution in [-0.4, -0.2) is 41.8 Å². The predicted molar refractivity (Wildman–Crippen MR) is 102 cm³/mol. The summed E-state index contributed by atoms with van der Waals surface area (Å²) >= 11 is 0. The van der Waals surface area contributed by atoms with Crippen LogP contribution in [0.4, 0.5) is 5.69 Å². The molecule has 8 heteroatoms. The van der Waals surface area contributed by atoms with Crippen LogP contribution in [0.25, 0.3) is 0 Å². The highest BCUT2D eigenvalue weighted by atomic mass is 16.5. The molecule has 0 spiro atoms. The Hall–Kier alpha value is -3.42. The van der Waals surface area contributed by atoms with Gasteiger partial charge in [0.2, 0.25) is 11.7 Å². The quantitative estimate of drug-likeness (QED) is 0.559. The number of anilines is 1. The molecule has 1 aromatic heterocycles. The first-order chi connectivity index (χ1) is 13.2. The van der Waals surface area contributed by atoms with E-state index in [-0.39, 0.29) is 23.8 Å². The zero-order valence-corrected chi connectivity index (χ0v) is 16.2. The first-order valence-electron chi connectivity index (χ1n) is 8.68. The molecule has 2 N–H and O–H groups in total. The minimum absolute atomic E-state index is 0.203. The first-order valence-corrected chi connectivity index (χ1v) is 8.68. The van der Waals surface area contributed by atoms with Crippen molar-refractivity contribution in [2.45, 2.75) is 27.7 Å². The number of aryl methyl sites for hydroxylation is 1. The molecular weight excluding hydrogens is 364 g/mol. The van der Waals surface area contributed by atoms with Crippen molar-refractivity contribution in [1.82, 2.24) is 4.98 Å². The fraction of sp³-hybridized carbons (Fsp3) is 0.300. The molecule has 0 saturated carbocycles. The maximum Gasteiger partial charge on any atom is 0.355 e. The topological polar surface area (TPSA) is 115 Å². The van der Waals surface area contributed by atoms with Gasteiger partial charge in [-0.15, -0.1) is 0 Å². The third kappa shape index (κ3) is 4.85. The van der Waals surface area contributed by atoms with Gasteiger partial charge in [0.15, 0.2) is 6.61 Å². The van der Waals surface area contributed by atoms with Gasteiger partial charge < -0.3 is 19.8 Å². The van der Waals surface area contributed by atoms with Crippen molar-refractivity contribution in [3.05, 3.63) is 52.3 Å². The molecule has 0 unspecified atom stereocenters. The third-order valence-corrected chi connectivity index (χ3v) is 3.95. The monoisotopic (exact) mass is 386 g/mol. The lowest BCUT2D eigenvalue weighted by Gasteiger charge is -2.07. The number of carbonyl (C=O) groups excluding carboxylic acids is 4. The molecule has 8 nitrogen and oxygen atoms in total. The SMILES string of the molecule is CCOC(=O)c1[nH]c(C)c(C(=O)COC(=O)c2cccc(NC(C)=O)c2)c1C. The van der Waals surface area contributed by atoms with E-state index in [9.17, 15) is 19.2 Å². The number of hydrogen-bond acceptors (Lipinski definition) is 6. The third-order valence-electron chi connectivity index (χ3n) is 3.95. The first kappa shape index (κ1) is 20.9. The standard InChI is InChI=1S/C20H22N2O6/c1-5-27-20(26)18-11(2)17(12(3)21-18)16(24)10-28-19(25)14-7-6-8-15(9-14)22-13(4)23/h6-9,21H,5,10H2,1-4H3,(H,22,23). The number of Topliss-reactive ketones (excluding diaryl/α,β-unsaturated/α-hetero) is 1. The lowest BCUT2D eigenvalue weighted by atomic mass is 10.1. The Morgan fingerprint density at radius 2 is 1.79 bits per heavy atom. The number of ketones is 1. The van der Waals surface area contributed by atoms with E-state index in [0.29, 0.717) is 22.5 Å². The summed E-state index contributed by atoms with van der Waals surface area (Å²) in [4.78, 5) is 50.6. The number of nitrogens with one attached hydrogen (secondary N) is 2. The molecule has 0 aliphatic rings. The van der Waals surface area contributed by atoms with Gasteiger partial charge in [0, 0.05) is 23.9 Å². The molecule has 1 amide bonds. The number of aromatic nitrogens is 1. The number of rotatable bonds is 7. The van der Waals surface area contributed by atoms with Gasteiger partial charge in [-0.3, -0.25) is 9.59 Å². The molecular formula is C20H22N2O6. The lowest BCUT2D eigenvalue weighted by Crippen LogP contribution is -2.16. The van der Waals surface area contributed by atoms with Gasteiger partial charge in [0.25, 0.3) is 0 Å². The minimum Gasteiger partial charge on any atom is -0.461 e. The summed E-state index contributed by atoms with van der Waals surface area (Å²) in [5.74, 6) is -1.95. The van der Waals surface area contributed by atoms with E-state index in [1.807, 2.05) is 0 Å². The van der Waals surface area contributed by atoms with E-state index in [4.69, 9.17) is 9.47 Å². The van der Waals surface area contributed by atoms with E-state index in [0.717, 1.165) is 0 Å². The average Bonchev–Trinajstić information content (AvgIpc) is 2.93. The van der Waals surface area contributed by atoms with E-state index in [1.165, 1.54) is 19.1 Å². The summed E-state index contributed by atoms with van der Waals surface area (Å²) in [5.41, 5.74) is 2.09. The van der Waals surface area contributed by atoms with Crippen LogP contribution in [0.3, 0.4) is 0 Å². The summed E-state index contributed by atoms with van der Waals surface area (Å²) in [6, 6.07) is 6.20. The van der Waals surface area contributed by atoms with Crippen LogP contribution >= 0.6 is 0 Å². The van der Waals surface area contributed by atoms with Crippen molar-refractivity contribution in [2.24, 2.45) is 0 Å². The van der Waals surface area contributed by atoms with Gasteiger partial charge in [0.1, 0.15) is 5.69 Å². The number of hydrogen-bond donors (Lipinski definition) is 2. The molecule has 0 aliphatic carbocycles. The normalized spacial score (nSPS) is 10.3. The summed E-state index contributed by atoms with van der Waals surface area (Å²) in [6.07, 6.45) is 0. The van der Waals surface area contributed by atoms with Gasteiger partial charge in [-0.25, -0.2) is 9.59 Å². The van der Waals surface area contributed by atoms with Crippen molar-refractivity contribution in [3.63, 3.8) is 0 Å².